The molecule has 0 aliphatic heterocycles. The second-order valence-electron chi connectivity index (χ2n) is 6.31. The molecule has 112 valence electrons. The van der Waals surface area contributed by atoms with Crippen LogP contribution in [0.2, 0.25) is 0 Å². The first-order chi connectivity index (χ1) is 8.91. The van der Waals surface area contributed by atoms with Gasteiger partial charge in [0, 0.05) is 20.7 Å². The molecule has 1 aliphatic rings. The molecule has 0 aromatic heterocycles. The number of anilines is 1. The predicted octanol–water partition coefficient (Wildman–Crippen LogP) is 3.51. The second kappa shape index (κ2) is 4.69. The molecule has 20 heavy (non-hydrogen) atoms. The maximum atomic E-state index is 12.6. The molecule has 0 heterocycles. The van der Waals surface area contributed by atoms with Crippen LogP contribution in [-0.2, 0) is 10.0 Å². The number of nitrogens with two attached hydrogens (primary N) is 1. The van der Waals surface area contributed by atoms with Gasteiger partial charge in [0.15, 0.2) is 0 Å². The minimum absolute atomic E-state index is 0.0627. The maximum Gasteiger partial charge on any atom is 0.243 e. The van der Waals surface area contributed by atoms with Crippen molar-refractivity contribution >= 4 is 47.6 Å². The zero-order chi connectivity index (χ0) is 15.5. The molecule has 1 aromatic carbocycles. The number of hydrogen-bond donors (Lipinski definition) is 2. The standard InChI is InChI=1S/C13H18Br2N2O2S/c1-12(2)11(13(12,3)4)17-20(18,19)10-8(14)5-7(16)6-9(10)15/h5-6,11,17H,16H2,1-4H3. The van der Waals surface area contributed by atoms with Gasteiger partial charge in [-0.25, -0.2) is 13.1 Å². The molecule has 0 saturated heterocycles. The summed E-state index contributed by atoms with van der Waals surface area (Å²) in [5.41, 5.74) is 6.07. The van der Waals surface area contributed by atoms with Crippen molar-refractivity contribution in [3.8, 4) is 0 Å². The summed E-state index contributed by atoms with van der Waals surface area (Å²) in [7, 11) is -3.62. The molecule has 0 spiro atoms. The van der Waals surface area contributed by atoms with Gasteiger partial charge in [-0.2, -0.15) is 0 Å². The maximum absolute atomic E-state index is 12.6. The topological polar surface area (TPSA) is 72.2 Å². The van der Waals surface area contributed by atoms with Crippen molar-refractivity contribution in [2.45, 2.75) is 38.6 Å². The van der Waals surface area contributed by atoms with Crippen molar-refractivity contribution in [1.29, 1.82) is 0 Å². The van der Waals surface area contributed by atoms with Crippen molar-refractivity contribution in [2.75, 3.05) is 5.73 Å². The van der Waals surface area contributed by atoms with Crippen LogP contribution >= 0.6 is 31.9 Å². The molecule has 0 atom stereocenters. The quantitative estimate of drug-likeness (QED) is 0.727. The van der Waals surface area contributed by atoms with Gasteiger partial charge in [0.25, 0.3) is 0 Å². The van der Waals surface area contributed by atoms with Crippen LogP contribution in [-0.4, -0.2) is 14.5 Å². The van der Waals surface area contributed by atoms with Crippen molar-refractivity contribution in [1.82, 2.24) is 4.72 Å². The van der Waals surface area contributed by atoms with E-state index in [-0.39, 0.29) is 21.8 Å². The number of rotatable bonds is 3. The summed E-state index contributed by atoms with van der Waals surface area (Å²) in [4.78, 5) is 0.185. The summed E-state index contributed by atoms with van der Waals surface area (Å²) < 4.78 is 28.9. The number of benzene rings is 1. The number of hydrogen-bond acceptors (Lipinski definition) is 3. The highest BCUT2D eigenvalue weighted by atomic mass is 79.9. The Kier molecular flexibility index (Phi) is 3.82. The minimum Gasteiger partial charge on any atom is -0.399 e. The van der Waals surface area contributed by atoms with E-state index in [0.29, 0.717) is 14.6 Å². The molecule has 0 radical (unpaired) electrons. The molecule has 7 heteroatoms. The lowest BCUT2D eigenvalue weighted by molar-refractivity contribution is 0.457. The SMILES string of the molecule is CC1(C)C(NS(=O)(=O)c2c(Br)cc(N)cc2Br)C1(C)C. The first-order valence-electron chi connectivity index (χ1n) is 6.18. The number of nitrogens with one attached hydrogen (secondary N) is 1. The summed E-state index contributed by atoms with van der Waals surface area (Å²) in [5, 5.41) is 0. The van der Waals surface area contributed by atoms with Crippen LogP contribution in [0.1, 0.15) is 27.7 Å². The Morgan fingerprint density at radius 3 is 1.85 bits per heavy atom. The van der Waals surface area contributed by atoms with Crippen LogP contribution in [0.5, 0.6) is 0 Å². The second-order valence-corrected chi connectivity index (χ2v) is 9.67. The average molecular weight is 426 g/mol. The largest absolute Gasteiger partial charge is 0.399 e. The number of halogens is 2. The van der Waals surface area contributed by atoms with Crippen molar-refractivity contribution in [3.05, 3.63) is 21.1 Å². The van der Waals surface area contributed by atoms with Gasteiger partial charge in [0.1, 0.15) is 4.90 Å². The summed E-state index contributed by atoms with van der Waals surface area (Å²) in [6, 6.07) is 3.08. The number of nitrogen functional groups attached to an aromatic ring is 1. The van der Waals surface area contributed by atoms with E-state index < -0.39 is 10.0 Å². The first kappa shape index (κ1) is 16.3. The minimum atomic E-state index is -3.62. The van der Waals surface area contributed by atoms with Crippen molar-refractivity contribution in [3.63, 3.8) is 0 Å². The molecule has 0 amide bonds. The summed E-state index contributed by atoms with van der Waals surface area (Å²) in [5.74, 6) is 0. The Morgan fingerprint density at radius 2 is 1.50 bits per heavy atom. The first-order valence-corrected chi connectivity index (χ1v) is 9.25. The summed E-state index contributed by atoms with van der Waals surface area (Å²) >= 11 is 6.54. The highest BCUT2D eigenvalue weighted by Gasteiger charge is 2.66. The van der Waals surface area contributed by atoms with Gasteiger partial charge in [0.2, 0.25) is 10.0 Å². The third-order valence-corrected chi connectivity index (χ3v) is 7.88. The molecule has 2 rings (SSSR count). The van der Waals surface area contributed by atoms with Gasteiger partial charge < -0.3 is 5.73 Å². The van der Waals surface area contributed by atoms with Crippen molar-refractivity contribution in [2.24, 2.45) is 10.8 Å². The molecular formula is C13H18Br2N2O2S. The Hall–Kier alpha value is -0.110. The van der Waals surface area contributed by atoms with E-state index in [1.165, 1.54) is 0 Å². The fourth-order valence-electron chi connectivity index (χ4n) is 2.54. The fourth-order valence-corrected chi connectivity index (χ4v) is 6.69. The lowest BCUT2D eigenvalue weighted by Crippen LogP contribution is -2.30. The van der Waals surface area contributed by atoms with Gasteiger partial charge >= 0.3 is 0 Å². The lowest BCUT2D eigenvalue weighted by atomic mass is 10.0. The van der Waals surface area contributed by atoms with E-state index >= 15 is 0 Å². The third kappa shape index (κ3) is 2.42. The van der Waals surface area contributed by atoms with E-state index in [2.05, 4.69) is 64.3 Å². The highest BCUT2D eigenvalue weighted by Crippen LogP contribution is 2.63. The highest BCUT2D eigenvalue weighted by molar-refractivity contribution is 9.11. The molecule has 3 N–H and O–H groups in total. The molecular weight excluding hydrogens is 408 g/mol. The summed E-state index contributed by atoms with van der Waals surface area (Å²) in [6.07, 6.45) is 0. The van der Waals surface area contributed by atoms with Crippen LogP contribution in [0.25, 0.3) is 0 Å². The zero-order valence-electron chi connectivity index (χ0n) is 11.8. The molecule has 0 bridgehead atoms. The monoisotopic (exact) mass is 424 g/mol. The predicted molar refractivity (Wildman–Crippen MR) is 87.9 cm³/mol. The molecule has 1 aromatic rings. The van der Waals surface area contributed by atoms with Crippen LogP contribution < -0.4 is 10.5 Å². The van der Waals surface area contributed by atoms with Crippen LogP contribution in [0.3, 0.4) is 0 Å². The molecule has 1 aliphatic carbocycles. The smallest absolute Gasteiger partial charge is 0.243 e. The molecule has 1 fully saturated rings. The lowest BCUT2D eigenvalue weighted by Gasteiger charge is -2.12. The Labute approximate surface area is 136 Å². The van der Waals surface area contributed by atoms with Crippen LogP contribution in [0.15, 0.2) is 26.0 Å². The Morgan fingerprint density at radius 1 is 1.10 bits per heavy atom. The van der Waals surface area contributed by atoms with Gasteiger partial charge in [-0.3, -0.25) is 0 Å². The average Bonchev–Trinajstić information content (AvgIpc) is 2.58. The zero-order valence-corrected chi connectivity index (χ0v) is 15.8. The Balaban J connectivity index is 2.39. The molecule has 0 unspecified atom stereocenters. The van der Waals surface area contributed by atoms with E-state index in [4.69, 9.17) is 5.73 Å². The summed E-state index contributed by atoms with van der Waals surface area (Å²) in [6.45, 7) is 8.25. The fraction of sp³-hybridized carbons (Fsp3) is 0.538. The van der Waals surface area contributed by atoms with E-state index in [1.807, 2.05) is 0 Å². The van der Waals surface area contributed by atoms with E-state index in [0.717, 1.165) is 0 Å². The van der Waals surface area contributed by atoms with Crippen LogP contribution in [0, 0.1) is 10.8 Å². The van der Waals surface area contributed by atoms with Crippen LogP contribution in [0.4, 0.5) is 5.69 Å². The third-order valence-electron chi connectivity index (χ3n) is 4.58. The van der Waals surface area contributed by atoms with Gasteiger partial charge in [0.05, 0.1) is 0 Å². The van der Waals surface area contributed by atoms with E-state index in [9.17, 15) is 8.42 Å². The normalized spacial score (nSPS) is 20.9. The number of sulfonamides is 1. The molecule has 4 nitrogen and oxygen atoms in total. The van der Waals surface area contributed by atoms with Gasteiger partial charge in [-0.1, -0.05) is 27.7 Å². The van der Waals surface area contributed by atoms with Crippen molar-refractivity contribution < 1.29 is 8.42 Å². The molecule has 1 saturated carbocycles. The van der Waals surface area contributed by atoms with Gasteiger partial charge in [-0.05, 0) is 54.8 Å². The Bertz CT molecular complexity index is 632. The van der Waals surface area contributed by atoms with Gasteiger partial charge in [-0.15, -0.1) is 0 Å². The van der Waals surface area contributed by atoms with E-state index in [1.54, 1.807) is 12.1 Å².